The zero-order chi connectivity index (χ0) is 17.7. The van der Waals surface area contributed by atoms with Crippen molar-refractivity contribution in [1.82, 2.24) is 14.8 Å². The van der Waals surface area contributed by atoms with Gasteiger partial charge in [-0.15, -0.1) is 6.42 Å². The molecule has 0 aliphatic heterocycles. The molecule has 6 heteroatoms. The lowest BCUT2D eigenvalue weighted by Gasteiger charge is -2.37. The Hall–Kier alpha value is -2.03. The van der Waals surface area contributed by atoms with Crippen molar-refractivity contribution in [2.24, 2.45) is 5.41 Å². The zero-order valence-corrected chi connectivity index (χ0v) is 15.1. The van der Waals surface area contributed by atoms with E-state index in [2.05, 4.69) is 36.8 Å². The van der Waals surface area contributed by atoms with Crippen LogP contribution in [0.2, 0.25) is 5.02 Å². The molecule has 24 heavy (non-hydrogen) atoms. The van der Waals surface area contributed by atoms with Crippen LogP contribution >= 0.6 is 11.6 Å². The largest absolute Gasteiger partial charge is 0.466 e. The second-order valence-electron chi connectivity index (χ2n) is 6.57. The molecular formula is C18H22ClN3O2. The van der Waals surface area contributed by atoms with Crippen LogP contribution in [-0.2, 0) is 4.74 Å². The van der Waals surface area contributed by atoms with E-state index in [1.165, 1.54) is 6.33 Å². The Morgan fingerprint density at radius 3 is 2.42 bits per heavy atom. The topological polar surface area (TPSA) is 49.2 Å². The highest BCUT2D eigenvalue weighted by atomic mass is 35.5. The van der Waals surface area contributed by atoms with E-state index in [0.29, 0.717) is 10.8 Å². The molecule has 2 rings (SSSR count). The van der Waals surface area contributed by atoms with E-state index in [9.17, 15) is 0 Å². The molecule has 5 nitrogen and oxygen atoms in total. The lowest BCUT2D eigenvalue weighted by atomic mass is 9.87. The first kappa shape index (κ1) is 18.3. The Morgan fingerprint density at radius 2 is 1.92 bits per heavy atom. The number of benzene rings is 1. The maximum absolute atomic E-state index is 6.16. The average molecular weight is 348 g/mol. The Kier molecular flexibility index (Phi) is 5.87. The minimum atomic E-state index is -0.524. The van der Waals surface area contributed by atoms with E-state index >= 15 is 0 Å². The number of hydrogen-bond acceptors (Lipinski definition) is 4. The Bertz CT molecular complexity index is 672. The van der Waals surface area contributed by atoms with Gasteiger partial charge in [-0.2, -0.15) is 5.10 Å². The van der Waals surface area contributed by atoms with Gasteiger partial charge in [0.15, 0.2) is 0 Å². The summed E-state index contributed by atoms with van der Waals surface area (Å²) in [4.78, 5) is 4.02. The van der Waals surface area contributed by atoms with Crippen LogP contribution < -0.4 is 4.74 Å². The molecule has 0 saturated carbocycles. The minimum absolute atomic E-state index is 0.242. The van der Waals surface area contributed by atoms with Crippen LogP contribution in [0.3, 0.4) is 0 Å². The highest BCUT2D eigenvalue weighted by Gasteiger charge is 2.37. The van der Waals surface area contributed by atoms with Crippen molar-refractivity contribution in [2.45, 2.75) is 46.1 Å². The van der Waals surface area contributed by atoms with Crippen molar-refractivity contribution in [1.29, 1.82) is 0 Å². The summed E-state index contributed by atoms with van der Waals surface area (Å²) in [7, 11) is 0. The number of nitrogens with zero attached hydrogens (tertiary/aromatic N) is 3. The molecule has 128 valence electrons. The zero-order valence-electron chi connectivity index (χ0n) is 14.3. The summed E-state index contributed by atoms with van der Waals surface area (Å²) in [6.07, 6.45) is 7.32. The van der Waals surface area contributed by atoms with E-state index in [0.717, 1.165) is 0 Å². The van der Waals surface area contributed by atoms with Crippen LogP contribution in [0.25, 0.3) is 0 Å². The van der Waals surface area contributed by atoms with Gasteiger partial charge in [0.2, 0.25) is 6.23 Å². The summed E-state index contributed by atoms with van der Waals surface area (Å²) in [6, 6.07) is 7.14. The second-order valence-corrected chi connectivity index (χ2v) is 7.01. The minimum Gasteiger partial charge on any atom is -0.466 e. The molecule has 1 aromatic carbocycles. The maximum atomic E-state index is 6.16. The quantitative estimate of drug-likeness (QED) is 0.742. The lowest BCUT2D eigenvalue weighted by molar-refractivity contribution is -0.126. The first-order valence-corrected chi connectivity index (χ1v) is 8.07. The van der Waals surface area contributed by atoms with Gasteiger partial charge < -0.3 is 9.47 Å². The highest BCUT2D eigenvalue weighted by molar-refractivity contribution is 6.30. The van der Waals surface area contributed by atoms with Gasteiger partial charge in [-0.05, 0) is 36.6 Å². The van der Waals surface area contributed by atoms with Crippen LogP contribution in [-0.4, -0.2) is 27.0 Å². The number of terminal acetylenes is 1. The van der Waals surface area contributed by atoms with Crippen molar-refractivity contribution in [3.63, 3.8) is 0 Å². The standard InChI is InChI=1S/C18H22ClN3O2/c1-6-13(2)23-16(18(3,4)5)17(22-12-20-11-21-22)24-15-9-7-14(19)8-10-15/h1,7-13,16-17H,2-5H3. The SMILES string of the molecule is C#CC(C)OC(C(Oc1ccc(Cl)cc1)n1cncn1)C(C)(C)C. The summed E-state index contributed by atoms with van der Waals surface area (Å²) in [5, 5.41) is 4.86. The van der Waals surface area contributed by atoms with Gasteiger partial charge in [0.05, 0.1) is 0 Å². The van der Waals surface area contributed by atoms with Gasteiger partial charge in [-0.25, -0.2) is 9.67 Å². The van der Waals surface area contributed by atoms with Crippen LogP contribution in [0.4, 0.5) is 0 Å². The molecule has 0 amide bonds. The molecule has 3 unspecified atom stereocenters. The lowest BCUT2D eigenvalue weighted by Crippen LogP contribution is -2.42. The van der Waals surface area contributed by atoms with Crippen molar-refractivity contribution < 1.29 is 9.47 Å². The maximum Gasteiger partial charge on any atom is 0.219 e. The molecular weight excluding hydrogens is 326 g/mol. The second kappa shape index (κ2) is 7.69. The van der Waals surface area contributed by atoms with Crippen LogP contribution in [0.15, 0.2) is 36.9 Å². The number of ether oxygens (including phenoxy) is 2. The number of aromatic nitrogens is 3. The Labute approximate surface area is 147 Å². The third kappa shape index (κ3) is 4.73. The van der Waals surface area contributed by atoms with E-state index < -0.39 is 6.23 Å². The molecule has 0 spiro atoms. The normalized spacial score (nSPS) is 15.3. The average Bonchev–Trinajstić information content (AvgIpc) is 3.05. The molecule has 0 bridgehead atoms. The summed E-state index contributed by atoms with van der Waals surface area (Å²) < 4.78 is 13.9. The van der Waals surface area contributed by atoms with Gasteiger partial charge in [-0.3, -0.25) is 0 Å². The van der Waals surface area contributed by atoms with E-state index in [1.807, 2.05) is 6.92 Å². The molecule has 0 N–H and O–H groups in total. The van der Waals surface area contributed by atoms with Gasteiger partial charge in [0.1, 0.15) is 30.6 Å². The summed E-state index contributed by atoms with van der Waals surface area (Å²) >= 11 is 5.94. The Balaban J connectivity index is 2.36. The van der Waals surface area contributed by atoms with Crippen LogP contribution in [0.5, 0.6) is 5.75 Å². The monoisotopic (exact) mass is 347 g/mol. The highest BCUT2D eigenvalue weighted by Crippen LogP contribution is 2.33. The van der Waals surface area contributed by atoms with Gasteiger partial charge in [-0.1, -0.05) is 38.3 Å². The number of halogens is 1. The van der Waals surface area contributed by atoms with Crippen LogP contribution in [0, 0.1) is 17.8 Å². The molecule has 0 fully saturated rings. The molecule has 0 radical (unpaired) electrons. The first-order valence-electron chi connectivity index (χ1n) is 7.69. The fourth-order valence-corrected chi connectivity index (χ4v) is 2.34. The molecule has 0 saturated heterocycles. The van der Waals surface area contributed by atoms with Gasteiger partial charge in [0, 0.05) is 5.02 Å². The molecule has 1 aromatic heterocycles. The van der Waals surface area contributed by atoms with E-state index in [4.69, 9.17) is 27.5 Å². The first-order chi connectivity index (χ1) is 11.3. The molecule has 3 atom stereocenters. The fourth-order valence-electron chi connectivity index (χ4n) is 2.21. The van der Waals surface area contributed by atoms with E-state index in [-0.39, 0.29) is 17.6 Å². The third-order valence-electron chi connectivity index (χ3n) is 3.47. The van der Waals surface area contributed by atoms with Gasteiger partial charge in [0.25, 0.3) is 0 Å². The smallest absolute Gasteiger partial charge is 0.219 e. The molecule has 1 heterocycles. The summed E-state index contributed by atoms with van der Waals surface area (Å²) in [5.74, 6) is 3.26. The summed E-state index contributed by atoms with van der Waals surface area (Å²) in [6.45, 7) is 8.03. The van der Waals surface area contributed by atoms with Gasteiger partial charge >= 0.3 is 0 Å². The predicted octanol–water partition coefficient (Wildman–Crippen LogP) is 3.96. The predicted molar refractivity (Wildman–Crippen MR) is 93.8 cm³/mol. The molecule has 0 aliphatic carbocycles. The summed E-state index contributed by atoms with van der Waals surface area (Å²) in [5.41, 5.74) is -0.242. The number of hydrogen-bond donors (Lipinski definition) is 0. The fraction of sp³-hybridized carbons (Fsp3) is 0.444. The van der Waals surface area contributed by atoms with Crippen LogP contribution in [0.1, 0.15) is 33.9 Å². The van der Waals surface area contributed by atoms with Crippen molar-refractivity contribution in [3.8, 4) is 18.1 Å². The number of rotatable bonds is 6. The molecule has 0 aliphatic rings. The third-order valence-corrected chi connectivity index (χ3v) is 3.72. The van der Waals surface area contributed by atoms with Crippen molar-refractivity contribution >= 4 is 11.6 Å². The molecule has 2 aromatic rings. The van der Waals surface area contributed by atoms with E-state index in [1.54, 1.807) is 35.3 Å². The van der Waals surface area contributed by atoms with Crippen molar-refractivity contribution in [2.75, 3.05) is 0 Å². The Morgan fingerprint density at radius 1 is 1.25 bits per heavy atom. The van der Waals surface area contributed by atoms with Crippen molar-refractivity contribution in [3.05, 3.63) is 41.9 Å².